The lowest BCUT2D eigenvalue weighted by molar-refractivity contribution is 0.147. The first-order chi connectivity index (χ1) is 7.29. The van der Waals surface area contributed by atoms with Crippen molar-refractivity contribution in [2.75, 3.05) is 0 Å². The van der Waals surface area contributed by atoms with E-state index in [0.717, 1.165) is 6.20 Å². The standard InChI is InChI=1S/C7H2Cl2F2N2O2S/c8-3-2-13-4(1-12)5(7(10)11)6(3)16(9,14)15/h2,7H. The van der Waals surface area contributed by atoms with E-state index in [1.54, 1.807) is 0 Å². The summed E-state index contributed by atoms with van der Waals surface area (Å²) in [5.74, 6) is 0. The maximum atomic E-state index is 12.6. The van der Waals surface area contributed by atoms with Crippen molar-refractivity contribution in [3.8, 4) is 6.07 Å². The monoisotopic (exact) mass is 286 g/mol. The van der Waals surface area contributed by atoms with Crippen LogP contribution in [0.4, 0.5) is 8.78 Å². The predicted octanol–water partition coefficient (Wildman–Crippen LogP) is 2.47. The van der Waals surface area contributed by atoms with Gasteiger partial charge >= 0.3 is 0 Å². The number of rotatable bonds is 2. The molecule has 0 radical (unpaired) electrons. The van der Waals surface area contributed by atoms with Crippen LogP contribution >= 0.6 is 22.3 Å². The summed E-state index contributed by atoms with van der Waals surface area (Å²) in [6, 6.07) is 1.34. The Balaban J connectivity index is 3.78. The maximum absolute atomic E-state index is 12.6. The molecule has 0 spiro atoms. The van der Waals surface area contributed by atoms with Crippen molar-refractivity contribution in [1.29, 1.82) is 5.26 Å². The average Bonchev–Trinajstić information content (AvgIpc) is 2.15. The van der Waals surface area contributed by atoms with E-state index in [0.29, 0.717) is 0 Å². The molecule has 1 aromatic rings. The Morgan fingerprint density at radius 1 is 1.50 bits per heavy atom. The van der Waals surface area contributed by atoms with Gasteiger partial charge in [0.25, 0.3) is 15.5 Å². The van der Waals surface area contributed by atoms with Crippen LogP contribution < -0.4 is 0 Å². The van der Waals surface area contributed by atoms with Crippen molar-refractivity contribution < 1.29 is 17.2 Å². The van der Waals surface area contributed by atoms with E-state index in [4.69, 9.17) is 27.5 Å². The van der Waals surface area contributed by atoms with Crippen molar-refractivity contribution in [2.45, 2.75) is 11.3 Å². The molecule has 1 rings (SSSR count). The summed E-state index contributed by atoms with van der Waals surface area (Å²) in [4.78, 5) is 2.32. The van der Waals surface area contributed by atoms with Gasteiger partial charge in [-0.25, -0.2) is 22.2 Å². The lowest BCUT2D eigenvalue weighted by atomic mass is 10.2. The van der Waals surface area contributed by atoms with Crippen LogP contribution in [0.1, 0.15) is 17.7 Å². The SMILES string of the molecule is N#Cc1ncc(Cl)c(S(=O)(=O)Cl)c1C(F)F. The first-order valence-corrected chi connectivity index (χ1v) is 6.29. The highest BCUT2D eigenvalue weighted by Gasteiger charge is 2.29. The van der Waals surface area contributed by atoms with Gasteiger partial charge < -0.3 is 0 Å². The highest BCUT2D eigenvalue weighted by atomic mass is 35.7. The molecule has 0 bridgehead atoms. The van der Waals surface area contributed by atoms with Crippen LogP contribution in [0.25, 0.3) is 0 Å². The molecule has 0 atom stereocenters. The zero-order valence-corrected chi connectivity index (χ0v) is 9.61. The highest BCUT2D eigenvalue weighted by Crippen LogP contribution is 2.35. The van der Waals surface area contributed by atoms with Crippen molar-refractivity contribution in [3.63, 3.8) is 0 Å². The largest absolute Gasteiger partial charge is 0.268 e. The molecule has 9 heteroatoms. The number of nitrogens with zero attached hydrogens (tertiary/aromatic N) is 2. The third-order valence-corrected chi connectivity index (χ3v) is 3.38. The number of halogens is 4. The van der Waals surface area contributed by atoms with Crippen LogP contribution in [0.15, 0.2) is 11.1 Å². The van der Waals surface area contributed by atoms with Crippen LogP contribution in [0, 0.1) is 11.3 Å². The van der Waals surface area contributed by atoms with Gasteiger partial charge in [0.15, 0.2) is 5.69 Å². The molecule has 0 saturated carbocycles. The fraction of sp³-hybridized carbons (Fsp3) is 0.143. The molecule has 86 valence electrons. The Morgan fingerprint density at radius 3 is 2.44 bits per heavy atom. The quantitative estimate of drug-likeness (QED) is 0.783. The second-order valence-electron chi connectivity index (χ2n) is 2.55. The molecule has 1 heterocycles. The third kappa shape index (κ3) is 2.40. The molecule has 0 unspecified atom stereocenters. The summed E-state index contributed by atoms with van der Waals surface area (Å²) in [5, 5.41) is 7.97. The molecule has 0 amide bonds. The first kappa shape index (κ1) is 13.1. The summed E-state index contributed by atoms with van der Waals surface area (Å²) >= 11 is 5.42. The van der Waals surface area contributed by atoms with Gasteiger partial charge in [-0.15, -0.1) is 0 Å². The van der Waals surface area contributed by atoms with Gasteiger partial charge in [0.2, 0.25) is 0 Å². The van der Waals surface area contributed by atoms with Gasteiger partial charge in [-0.2, -0.15) is 5.26 Å². The van der Waals surface area contributed by atoms with Crippen molar-refractivity contribution >= 4 is 31.3 Å². The van der Waals surface area contributed by atoms with Crippen molar-refractivity contribution in [1.82, 2.24) is 4.98 Å². The first-order valence-electron chi connectivity index (χ1n) is 3.60. The van der Waals surface area contributed by atoms with E-state index in [-0.39, 0.29) is 0 Å². The molecule has 0 aromatic carbocycles. The molecule has 1 aromatic heterocycles. The Bertz CT molecular complexity index is 568. The molecular weight excluding hydrogens is 285 g/mol. The van der Waals surface area contributed by atoms with E-state index in [9.17, 15) is 17.2 Å². The number of hydrogen-bond acceptors (Lipinski definition) is 4. The molecule has 0 aliphatic rings. The number of alkyl halides is 2. The predicted molar refractivity (Wildman–Crippen MR) is 52.0 cm³/mol. The van der Waals surface area contributed by atoms with Crippen molar-refractivity contribution in [2.24, 2.45) is 0 Å². The van der Waals surface area contributed by atoms with Crippen LogP contribution in [-0.2, 0) is 9.05 Å². The molecule has 0 saturated heterocycles. The Kier molecular flexibility index (Phi) is 3.68. The normalized spacial score (nSPS) is 11.5. The second-order valence-corrected chi connectivity index (χ2v) is 5.46. The van der Waals surface area contributed by atoms with Gasteiger partial charge in [0, 0.05) is 16.9 Å². The van der Waals surface area contributed by atoms with E-state index in [2.05, 4.69) is 4.98 Å². The number of pyridine rings is 1. The lowest BCUT2D eigenvalue weighted by Gasteiger charge is -2.08. The minimum Gasteiger partial charge on any atom is -0.243 e. The average molecular weight is 287 g/mol. The van der Waals surface area contributed by atoms with Crippen molar-refractivity contribution in [3.05, 3.63) is 22.5 Å². The highest BCUT2D eigenvalue weighted by molar-refractivity contribution is 8.13. The van der Waals surface area contributed by atoms with E-state index < -0.39 is 36.7 Å². The lowest BCUT2D eigenvalue weighted by Crippen LogP contribution is -2.05. The molecule has 4 nitrogen and oxygen atoms in total. The zero-order valence-electron chi connectivity index (χ0n) is 7.29. The fourth-order valence-corrected chi connectivity index (χ4v) is 2.83. The van der Waals surface area contributed by atoms with Crippen LogP contribution in [0.5, 0.6) is 0 Å². The Morgan fingerprint density at radius 2 is 2.06 bits per heavy atom. The minimum atomic E-state index is -4.47. The smallest absolute Gasteiger partial charge is 0.243 e. The molecule has 16 heavy (non-hydrogen) atoms. The molecular formula is C7H2Cl2F2N2O2S. The Labute approximate surface area is 98.8 Å². The summed E-state index contributed by atoms with van der Waals surface area (Å²) in [5.41, 5.74) is -1.80. The van der Waals surface area contributed by atoms with E-state index >= 15 is 0 Å². The number of hydrogen-bond donors (Lipinski definition) is 0. The topological polar surface area (TPSA) is 70.8 Å². The van der Waals surface area contributed by atoms with Gasteiger partial charge in [-0.1, -0.05) is 11.6 Å². The van der Waals surface area contributed by atoms with E-state index in [1.807, 2.05) is 0 Å². The van der Waals surface area contributed by atoms with Gasteiger partial charge in [0.05, 0.1) is 10.6 Å². The minimum absolute atomic E-state index is 0.552. The van der Waals surface area contributed by atoms with E-state index in [1.165, 1.54) is 6.07 Å². The summed E-state index contributed by atoms with van der Waals surface area (Å²) in [7, 11) is 0.487. The molecule has 0 N–H and O–H groups in total. The van der Waals surface area contributed by atoms with Crippen LogP contribution in [0.3, 0.4) is 0 Å². The molecule has 0 aliphatic heterocycles. The number of nitriles is 1. The third-order valence-electron chi connectivity index (χ3n) is 1.59. The second kappa shape index (κ2) is 4.49. The maximum Gasteiger partial charge on any atom is 0.268 e. The molecule has 0 fully saturated rings. The summed E-state index contributed by atoms with van der Waals surface area (Å²) in [6.45, 7) is 0. The number of aromatic nitrogens is 1. The Hall–Kier alpha value is -0.970. The zero-order chi connectivity index (χ0) is 12.5. The summed E-state index contributed by atoms with van der Waals surface area (Å²) < 4.78 is 47.3. The molecule has 0 aliphatic carbocycles. The van der Waals surface area contributed by atoms with Gasteiger partial charge in [-0.3, -0.25) is 0 Å². The van der Waals surface area contributed by atoms with Crippen LogP contribution in [-0.4, -0.2) is 13.4 Å². The summed E-state index contributed by atoms with van der Waals surface area (Å²) in [6.07, 6.45) is -2.44. The fourth-order valence-electron chi connectivity index (χ4n) is 1.02. The van der Waals surface area contributed by atoms with Gasteiger partial charge in [0.1, 0.15) is 11.0 Å². The van der Waals surface area contributed by atoms with Gasteiger partial charge in [-0.05, 0) is 0 Å². The van der Waals surface area contributed by atoms with Crippen LogP contribution in [0.2, 0.25) is 5.02 Å².